The molecule has 0 bridgehead atoms. The molecule has 3 rings (SSSR count). The molecular formula is C16H24N2O. The van der Waals surface area contributed by atoms with Gasteiger partial charge in [-0.3, -0.25) is 4.90 Å². The summed E-state index contributed by atoms with van der Waals surface area (Å²) < 4.78 is 5.81. The lowest BCUT2D eigenvalue weighted by Crippen LogP contribution is -2.49. The second kappa shape index (κ2) is 5.61. The molecule has 3 unspecified atom stereocenters. The van der Waals surface area contributed by atoms with Gasteiger partial charge in [0.1, 0.15) is 0 Å². The van der Waals surface area contributed by atoms with Gasteiger partial charge in [-0.25, -0.2) is 0 Å². The van der Waals surface area contributed by atoms with E-state index in [1.165, 1.54) is 11.1 Å². The molecular weight excluding hydrogens is 236 g/mol. The predicted octanol–water partition coefficient (Wildman–Crippen LogP) is 1.98. The average Bonchev–Trinajstić information content (AvgIpc) is 2.38. The summed E-state index contributed by atoms with van der Waals surface area (Å²) in [4.78, 5) is 2.54. The summed E-state index contributed by atoms with van der Waals surface area (Å²) in [6, 6.07) is 9.33. The minimum Gasteiger partial charge on any atom is -0.373 e. The van der Waals surface area contributed by atoms with Crippen molar-refractivity contribution in [1.29, 1.82) is 0 Å². The van der Waals surface area contributed by atoms with Crippen LogP contribution in [0.3, 0.4) is 0 Å². The Bertz CT molecular complexity index is 425. The lowest BCUT2D eigenvalue weighted by atomic mass is 9.94. The van der Waals surface area contributed by atoms with Crippen LogP contribution < -0.4 is 5.32 Å². The first-order valence-electron chi connectivity index (χ1n) is 7.41. The predicted molar refractivity (Wildman–Crippen MR) is 77.3 cm³/mol. The number of hydrogen-bond acceptors (Lipinski definition) is 3. The van der Waals surface area contributed by atoms with Crippen LogP contribution in [0.4, 0.5) is 0 Å². The zero-order chi connectivity index (χ0) is 13.2. The smallest absolute Gasteiger partial charge is 0.0678 e. The lowest BCUT2D eigenvalue weighted by Gasteiger charge is -2.38. The van der Waals surface area contributed by atoms with Crippen LogP contribution in [0.1, 0.15) is 31.0 Å². The van der Waals surface area contributed by atoms with Crippen molar-refractivity contribution in [2.75, 3.05) is 26.2 Å². The minimum absolute atomic E-state index is 0.350. The number of rotatable bonds is 2. The van der Waals surface area contributed by atoms with Gasteiger partial charge in [-0.2, -0.15) is 0 Å². The molecule has 1 N–H and O–H groups in total. The van der Waals surface area contributed by atoms with E-state index in [9.17, 15) is 0 Å². The molecule has 2 aliphatic rings. The number of fused-ring (bicyclic) bond motifs is 1. The molecule has 0 amide bonds. The van der Waals surface area contributed by atoms with Gasteiger partial charge in [0.25, 0.3) is 0 Å². The number of morpholine rings is 1. The van der Waals surface area contributed by atoms with Crippen molar-refractivity contribution >= 4 is 0 Å². The van der Waals surface area contributed by atoms with E-state index < -0.39 is 0 Å². The Morgan fingerprint density at radius 2 is 1.95 bits per heavy atom. The van der Waals surface area contributed by atoms with Gasteiger partial charge in [0, 0.05) is 25.7 Å². The van der Waals surface area contributed by atoms with E-state index in [-0.39, 0.29) is 0 Å². The molecule has 1 saturated heterocycles. The Hall–Kier alpha value is -0.900. The molecule has 1 aromatic rings. The highest BCUT2D eigenvalue weighted by Crippen LogP contribution is 2.24. The SMILES string of the molecule is CC1CN(CC2NCCc3ccccc32)CC(C)O1. The quantitative estimate of drug-likeness (QED) is 0.880. The highest BCUT2D eigenvalue weighted by atomic mass is 16.5. The van der Waals surface area contributed by atoms with Crippen LogP contribution in [0.25, 0.3) is 0 Å². The molecule has 3 nitrogen and oxygen atoms in total. The maximum absolute atomic E-state index is 5.81. The number of hydrogen-bond donors (Lipinski definition) is 1. The summed E-state index contributed by atoms with van der Waals surface area (Å²) in [6.07, 6.45) is 1.85. The maximum atomic E-state index is 5.81. The summed E-state index contributed by atoms with van der Waals surface area (Å²) in [7, 11) is 0. The highest BCUT2D eigenvalue weighted by Gasteiger charge is 2.26. The Balaban J connectivity index is 1.70. The van der Waals surface area contributed by atoms with Crippen molar-refractivity contribution in [2.24, 2.45) is 0 Å². The summed E-state index contributed by atoms with van der Waals surface area (Å²) >= 11 is 0. The Kier molecular flexibility index (Phi) is 3.87. The Morgan fingerprint density at radius 3 is 2.74 bits per heavy atom. The number of nitrogens with zero attached hydrogens (tertiary/aromatic N) is 1. The number of ether oxygens (including phenoxy) is 1. The third kappa shape index (κ3) is 2.99. The summed E-state index contributed by atoms with van der Waals surface area (Å²) in [5.74, 6) is 0. The standard InChI is InChI=1S/C16H24N2O/c1-12-9-18(10-13(2)19-12)11-16-15-6-4-3-5-14(15)7-8-17-16/h3-6,12-13,16-17H,7-11H2,1-2H3. The maximum Gasteiger partial charge on any atom is 0.0678 e. The van der Waals surface area contributed by atoms with Crippen LogP contribution in [0.15, 0.2) is 24.3 Å². The molecule has 0 spiro atoms. The molecule has 2 heterocycles. The van der Waals surface area contributed by atoms with Gasteiger partial charge in [0.05, 0.1) is 12.2 Å². The number of nitrogens with one attached hydrogen (secondary N) is 1. The van der Waals surface area contributed by atoms with Crippen LogP contribution in [-0.2, 0) is 11.2 Å². The van der Waals surface area contributed by atoms with Crippen LogP contribution in [0.5, 0.6) is 0 Å². The molecule has 19 heavy (non-hydrogen) atoms. The van der Waals surface area contributed by atoms with E-state index >= 15 is 0 Å². The van der Waals surface area contributed by atoms with Gasteiger partial charge < -0.3 is 10.1 Å². The minimum atomic E-state index is 0.350. The topological polar surface area (TPSA) is 24.5 Å². The summed E-state index contributed by atoms with van der Waals surface area (Å²) in [5.41, 5.74) is 3.00. The first-order valence-corrected chi connectivity index (χ1v) is 7.41. The second-order valence-electron chi connectivity index (χ2n) is 5.93. The second-order valence-corrected chi connectivity index (χ2v) is 5.93. The largest absolute Gasteiger partial charge is 0.373 e. The van der Waals surface area contributed by atoms with Crippen LogP contribution in [0.2, 0.25) is 0 Å². The van der Waals surface area contributed by atoms with E-state index in [4.69, 9.17) is 4.74 Å². The van der Waals surface area contributed by atoms with E-state index in [0.717, 1.165) is 32.6 Å². The van der Waals surface area contributed by atoms with Crippen LogP contribution in [0, 0.1) is 0 Å². The fourth-order valence-corrected chi connectivity index (χ4v) is 3.45. The first-order chi connectivity index (χ1) is 9.22. The molecule has 104 valence electrons. The van der Waals surface area contributed by atoms with Crippen LogP contribution in [-0.4, -0.2) is 43.3 Å². The molecule has 0 aliphatic carbocycles. The summed E-state index contributed by atoms with van der Waals surface area (Å²) in [6.45, 7) is 8.62. The van der Waals surface area contributed by atoms with Crippen molar-refractivity contribution in [3.63, 3.8) is 0 Å². The van der Waals surface area contributed by atoms with Gasteiger partial charge in [0.15, 0.2) is 0 Å². The molecule has 0 saturated carbocycles. The zero-order valence-corrected chi connectivity index (χ0v) is 11.9. The monoisotopic (exact) mass is 260 g/mol. The molecule has 3 heteroatoms. The molecule has 0 radical (unpaired) electrons. The zero-order valence-electron chi connectivity index (χ0n) is 11.9. The fourth-order valence-electron chi connectivity index (χ4n) is 3.45. The van der Waals surface area contributed by atoms with Crippen LogP contribution >= 0.6 is 0 Å². The van der Waals surface area contributed by atoms with Crippen molar-refractivity contribution in [3.8, 4) is 0 Å². The molecule has 1 fully saturated rings. The first kappa shape index (κ1) is 13.1. The number of benzene rings is 1. The fraction of sp³-hybridized carbons (Fsp3) is 0.625. The van der Waals surface area contributed by atoms with E-state index in [1.54, 1.807) is 0 Å². The van der Waals surface area contributed by atoms with Crippen molar-refractivity contribution in [3.05, 3.63) is 35.4 Å². The average molecular weight is 260 g/mol. The summed E-state index contributed by atoms with van der Waals surface area (Å²) in [5, 5.41) is 3.67. The van der Waals surface area contributed by atoms with Gasteiger partial charge in [-0.15, -0.1) is 0 Å². The van der Waals surface area contributed by atoms with E-state index in [1.807, 2.05) is 0 Å². The highest BCUT2D eigenvalue weighted by molar-refractivity contribution is 5.32. The van der Waals surface area contributed by atoms with E-state index in [2.05, 4.69) is 48.3 Å². The normalized spacial score (nSPS) is 32.0. The van der Waals surface area contributed by atoms with Crippen molar-refractivity contribution in [1.82, 2.24) is 10.2 Å². The lowest BCUT2D eigenvalue weighted by molar-refractivity contribution is -0.0701. The Labute approximate surface area is 115 Å². The van der Waals surface area contributed by atoms with Gasteiger partial charge >= 0.3 is 0 Å². The third-order valence-corrected chi connectivity index (χ3v) is 4.15. The third-order valence-electron chi connectivity index (χ3n) is 4.15. The van der Waals surface area contributed by atoms with Gasteiger partial charge in [-0.05, 0) is 37.9 Å². The molecule has 3 atom stereocenters. The van der Waals surface area contributed by atoms with Gasteiger partial charge in [0.2, 0.25) is 0 Å². The van der Waals surface area contributed by atoms with Gasteiger partial charge in [-0.1, -0.05) is 24.3 Å². The Morgan fingerprint density at radius 1 is 1.21 bits per heavy atom. The van der Waals surface area contributed by atoms with Crippen molar-refractivity contribution < 1.29 is 4.74 Å². The van der Waals surface area contributed by atoms with E-state index in [0.29, 0.717) is 18.2 Å². The molecule has 1 aromatic carbocycles. The molecule has 2 aliphatic heterocycles. The molecule has 0 aromatic heterocycles. The van der Waals surface area contributed by atoms with Crippen molar-refractivity contribution in [2.45, 2.75) is 38.5 Å².